The van der Waals surface area contributed by atoms with Crippen LogP contribution in [-0.4, -0.2) is 27.0 Å². The summed E-state index contributed by atoms with van der Waals surface area (Å²) in [6.07, 6.45) is 1.66. The van der Waals surface area contributed by atoms with Gasteiger partial charge in [-0.15, -0.1) is 0 Å². The van der Waals surface area contributed by atoms with E-state index in [0.717, 1.165) is 10.8 Å². The van der Waals surface area contributed by atoms with E-state index in [9.17, 15) is 0 Å². The fraction of sp³-hybridized carbons (Fsp3) is 0.182. The van der Waals surface area contributed by atoms with Crippen molar-refractivity contribution in [3.05, 3.63) is 24.4 Å². The first-order valence-electron chi connectivity index (χ1n) is 4.53. The number of pyridine rings is 1. The summed E-state index contributed by atoms with van der Waals surface area (Å²) in [7, 11) is 9.12. The van der Waals surface area contributed by atoms with E-state index in [1.807, 2.05) is 18.2 Å². The van der Waals surface area contributed by atoms with Gasteiger partial charge in [-0.2, -0.15) is 0 Å². The number of aromatic nitrogens is 1. The highest BCUT2D eigenvalue weighted by Crippen LogP contribution is 2.23. The monoisotopic (exact) mass is 199 g/mol. The Hall–Kier alpha value is -1.71. The van der Waals surface area contributed by atoms with Crippen LogP contribution in [0, 0.1) is 0 Å². The lowest BCUT2D eigenvalue weighted by Crippen LogP contribution is -2.09. The molecule has 1 aromatic carbocycles. The molecule has 0 atom stereocenters. The molecule has 3 nitrogen and oxygen atoms in total. The second kappa shape index (κ2) is 3.81. The summed E-state index contributed by atoms with van der Waals surface area (Å²) in [4.78, 5) is 4.10. The van der Waals surface area contributed by atoms with Crippen molar-refractivity contribution in [2.45, 2.75) is 0 Å². The summed E-state index contributed by atoms with van der Waals surface area (Å²) in [6, 6.07) is 5.54. The zero-order chi connectivity index (χ0) is 10.8. The fourth-order valence-electron chi connectivity index (χ4n) is 1.57. The van der Waals surface area contributed by atoms with E-state index in [2.05, 4.69) is 4.98 Å². The molecule has 0 bridgehead atoms. The zero-order valence-electron chi connectivity index (χ0n) is 8.65. The third-order valence-electron chi connectivity index (χ3n) is 2.32. The van der Waals surface area contributed by atoms with E-state index in [4.69, 9.17) is 17.3 Å². The highest BCUT2D eigenvalue weighted by atomic mass is 16.5. The van der Waals surface area contributed by atoms with E-state index < -0.39 is 0 Å². The van der Waals surface area contributed by atoms with Gasteiger partial charge in [0.1, 0.15) is 13.6 Å². The number of fused-ring (bicyclic) bond motifs is 1. The van der Waals surface area contributed by atoms with Gasteiger partial charge in [0.05, 0.1) is 14.2 Å². The molecular weight excluding hydrogens is 189 g/mol. The Bertz CT molecular complexity index is 499. The lowest BCUT2D eigenvalue weighted by atomic mass is 9.89. The lowest BCUT2D eigenvalue weighted by molar-refractivity contribution is 0.403. The SMILES string of the molecule is [B]c1c(OC)ccc2c(OC)nccc12. The molecular formula is C11H10BNO2. The molecule has 2 radical (unpaired) electrons. The first-order chi connectivity index (χ1) is 7.27. The quantitative estimate of drug-likeness (QED) is 0.677. The Morgan fingerprint density at radius 1 is 1.07 bits per heavy atom. The lowest BCUT2D eigenvalue weighted by Gasteiger charge is -2.10. The van der Waals surface area contributed by atoms with Crippen LogP contribution in [0.2, 0.25) is 0 Å². The number of hydrogen-bond donors (Lipinski definition) is 0. The molecule has 15 heavy (non-hydrogen) atoms. The Morgan fingerprint density at radius 3 is 2.53 bits per heavy atom. The Balaban J connectivity index is 2.78. The van der Waals surface area contributed by atoms with E-state index in [1.165, 1.54) is 0 Å². The average Bonchev–Trinajstić information content (AvgIpc) is 2.29. The predicted octanol–water partition coefficient (Wildman–Crippen LogP) is 1.05. The maximum Gasteiger partial charge on any atom is 0.221 e. The number of rotatable bonds is 2. The zero-order valence-corrected chi connectivity index (χ0v) is 8.65. The van der Waals surface area contributed by atoms with Gasteiger partial charge in [-0.1, -0.05) is 0 Å². The molecule has 0 saturated carbocycles. The fourth-order valence-corrected chi connectivity index (χ4v) is 1.57. The van der Waals surface area contributed by atoms with Crippen LogP contribution >= 0.6 is 0 Å². The Kier molecular flexibility index (Phi) is 2.50. The molecule has 0 N–H and O–H groups in total. The molecule has 2 aromatic rings. The molecule has 0 unspecified atom stereocenters. The third-order valence-corrected chi connectivity index (χ3v) is 2.32. The summed E-state index contributed by atoms with van der Waals surface area (Å²) in [6.45, 7) is 0. The van der Waals surface area contributed by atoms with Gasteiger partial charge in [0.2, 0.25) is 5.88 Å². The molecule has 0 aliphatic rings. The first kappa shape index (κ1) is 9.83. The number of ether oxygens (including phenoxy) is 2. The second-order valence-electron chi connectivity index (χ2n) is 3.10. The van der Waals surface area contributed by atoms with E-state index >= 15 is 0 Å². The van der Waals surface area contributed by atoms with Crippen LogP contribution in [0.4, 0.5) is 0 Å². The highest BCUT2D eigenvalue weighted by molar-refractivity contribution is 6.40. The maximum absolute atomic E-state index is 5.94. The van der Waals surface area contributed by atoms with Gasteiger partial charge in [0.25, 0.3) is 0 Å². The molecule has 0 amide bonds. The van der Waals surface area contributed by atoms with Crippen LogP contribution in [0.5, 0.6) is 11.6 Å². The Morgan fingerprint density at radius 2 is 1.87 bits per heavy atom. The summed E-state index contributed by atoms with van der Waals surface area (Å²) in [5, 5.41) is 1.78. The van der Waals surface area contributed by atoms with Gasteiger partial charge in [-0.3, -0.25) is 0 Å². The highest BCUT2D eigenvalue weighted by Gasteiger charge is 2.07. The number of benzene rings is 1. The van der Waals surface area contributed by atoms with Gasteiger partial charge in [-0.05, 0) is 29.0 Å². The normalized spacial score (nSPS) is 10.3. The molecule has 1 aromatic heterocycles. The molecule has 0 fully saturated rings. The van der Waals surface area contributed by atoms with Crippen LogP contribution in [0.1, 0.15) is 0 Å². The van der Waals surface area contributed by atoms with E-state index in [-0.39, 0.29) is 0 Å². The molecule has 0 aliphatic heterocycles. The average molecular weight is 199 g/mol. The second-order valence-corrected chi connectivity index (χ2v) is 3.10. The van der Waals surface area contributed by atoms with Gasteiger partial charge >= 0.3 is 0 Å². The minimum atomic E-state index is 0.571. The van der Waals surface area contributed by atoms with Crippen molar-refractivity contribution in [2.75, 3.05) is 14.2 Å². The van der Waals surface area contributed by atoms with Crippen molar-refractivity contribution >= 4 is 24.1 Å². The summed E-state index contributed by atoms with van der Waals surface area (Å²) in [5.41, 5.74) is 0.607. The molecule has 74 valence electrons. The van der Waals surface area contributed by atoms with Crippen LogP contribution in [0.25, 0.3) is 10.8 Å². The van der Waals surface area contributed by atoms with E-state index in [0.29, 0.717) is 17.1 Å². The summed E-state index contributed by atoms with van der Waals surface area (Å²) >= 11 is 0. The molecule has 1 heterocycles. The minimum Gasteiger partial charge on any atom is -0.497 e. The van der Waals surface area contributed by atoms with Crippen molar-refractivity contribution in [3.8, 4) is 11.6 Å². The third kappa shape index (κ3) is 1.52. The predicted molar refractivity (Wildman–Crippen MR) is 60.2 cm³/mol. The van der Waals surface area contributed by atoms with Crippen LogP contribution in [0.15, 0.2) is 24.4 Å². The minimum absolute atomic E-state index is 0.571. The van der Waals surface area contributed by atoms with Gasteiger partial charge in [0, 0.05) is 11.6 Å². The summed E-state index contributed by atoms with van der Waals surface area (Å²) < 4.78 is 10.3. The van der Waals surface area contributed by atoms with Gasteiger partial charge in [-0.25, -0.2) is 4.98 Å². The van der Waals surface area contributed by atoms with Crippen molar-refractivity contribution < 1.29 is 9.47 Å². The van der Waals surface area contributed by atoms with Gasteiger partial charge in [0.15, 0.2) is 0 Å². The molecule has 0 spiro atoms. The summed E-state index contributed by atoms with van der Waals surface area (Å²) in [5.74, 6) is 1.23. The van der Waals surface area contributed by atoms with Crippen molar-refractivity contribution in [1.82, 2.24) is 4.98 Å². The number of hydrogen-bond acceptors (Lipinski definition) is 3. The topological polar surface area (TPSA) is 31.4 Å². The molecule has 0 saturated heterocycles. The maximum atomic E-state index is 5.94. The van der Waals surface area contributed by atoms with Crippen molar-refractivity contribution in [1.29, 1.82) is 0 Å². The van der Waals surface area contributed by atoms with Crippen LogP contribution < -0.4 is 14.9 Å². The van der Waals surface area contributed by atoms with E-state index in [1.54, 1.807) is 20.4 Å². The molecule has 4 heteroatoms. The number of nitrogens with zero attached hydrogens (tertiary/aromatic N) is 1. The standard InChI is InChI=1S/C11H10BNO2/c1-14-9-4-3-8-7(10(9)12)5-6-13-11(8)15-2/h3-6H,1-2H3. The Labute approximate surface area is 89.4 Å². The van der Waals surface area contributed by atoms with Crippen molar-refractivity contribution in [2.24, 2.45) is 0 Å². The smallest absolute Gasteiger partial charge is 0.221 e. The molecule has 2 rings (SSSR count). The van der Waals surface area contributed by atoms with Gasteiger partial charge < -0.3 is 9.47 Å². The first-order valence-corrected chi connectivity index (χ1v) is 4.53. The molecule has 0 aliphatic carbocycles. The largest absolute Gasteiger partial charge is 0.497 e. The van der Waals surface area contributed by atoms with Crippen molar-refractivity contribution in [3.63, 3.8) is 0 Å². The van der Waals surface area contributed by atoms with Crippen LogP contribution in [0.3, 0.4) is 0 Å². The number of methoxy groups -OCH3 is 2. The van der Waals surface area contributed by atoms with Crippen LogP contribution in [-0.2, 0) is 0 Å².